The molecule has 1 saturated carbocycles. The topological polar surface area (TPSA) is 110 Å². The molecule has 0 amide bonds. The van der Waals surface area contributed by atoms with Gasteiger partial charge in [0.2, 0.25) is 5.88 Å². The van der Waals surface area contributed by atoms with Crippen LogP contribution in [0.3, 0.4) is 0 Å². The van der Waals surface area contributed by atoms with Crippen molar-refractivity contribution < 1.29 is 26.7 Å². The summed E-state index contributed by atoms with van der Waals surface area (Å²) in [4.78, 5) is 20.6. The van der Waals surface area contributed by atoms with Crippen LogP contribution in [-0.2, 0) is 21.0 Å². The third kappa shape index (κ3) is 5.60. The summed E-state index contributed by atoms with van der Waals surface area (Å²) in [5, 5.41) is 0. The zero-order valence-electron chi connectivity index (χ0n) is 24.8. The number of allylic oxidation sites excluding steroid dienone is 5. The summed E-state index contributed by atoms with van der Waals surface area (Å²) in [5.74, 6) is 0.223. The Bertz CT molecular complexity index is 1560. The van der Waals surface area contributed by atoms with Gasteiger partial charge in [0.1, 0.15) is 23.6 Å². The lowest BCUT2D eigenvalue weighted by molar-refractivity contribution is -0.180. The van der Waals surface area contributed by atoms with Gasteiger partial charge in [-0.2, -0.15) is 8.42 Å². The van der Waals surface area contributed by atoms with Crippen LogP contribution in [0.5, 0.6) is 5.88 Å². The third-order valence-corrected chi connectivity index (χ3v) is 10.0. The van der Waals surface area contributed by atoms with Gasteiger partial charge < -0.3 is 14.4 Å². The third-order valence-electron chi connectivity index (χ3n) is 8.89. The molecule has 3 aliphatic heterocycles. The number of alkyl halides is 1. The van der Waals surface area contributed by atoms with Gasteiger partial charge in [-0.15, -0.1) is 0 Å². The van der Waals surface area contributed by atoms with Crippen LogP contribution in [-0.4, -0.2) is 87.0 Å². The summed E-state index contributed by atoms with van der Waals surface area (Å²) in [5.41, 5.74) is -1.65. The van der Waals surface area contributed by atoms with Crippen LogP contribution in [0.2, 0.25) is 0 Å². The molecule has 1 aromatic heterocycles. The van der Waals surface area contributed by atoms with E-state index in [1.54, 1.807) is 12.5 Å². The molecule has 13 heteroatoms. The Kier molecular flexibility index (Phi) is 8.01. The molecule has 0 aromatic carbocycles. The number of ether oxygens (including phenoxy) is 2. The summed E-state index contributed by atoms with van der Waals surface area (Å²) >= 11 is 0. The lowest BCUT2D eigenvalue weighted by Gasteiger charge is -2.59. The molecule has 0 bridgehead atoms. The van der Waals surface area contributed by atoms with E-state index in [1.807, 2.05) is 6.08 Å². The monoisotopic (exact) mass is 615 g/mol. The lowest BCUT2D eigenvalue weighted by Crippen LogP contribution is -2.70. The maximum Gasteiger partial charge on any atom is 0.315 e. The number of likely N-dealkylation sites (tertiary alicyclic amines) is 1. The molecule has 2 saturated heterocycles. The Morgan fingerprint density at radius 3 is 2.84 bits per heavy atom. The highest BCUT2D eigenvalue weighted by atomic mass is 32.2. The van der Waals surface area contributed by atoms with E-state index in [1.165, 1.54) is 50.5 Å². The highest BCUT2D eigenvalue weighted by molar-refractivity contribution is 7.96. The Labute approximate surface area is 251 Å². The van der Waals surface area contributed by atoms with Gasteiger partial charge in [0.25, 0.3) is 0 Å². The molecular formula is C30H37F2N6O4S+. The minimum absolute atomic E-state index is 0.0169. The predicted molar refractivity (Wildman–Crippen MR) is 162 cm³/mol. The molecule has 230 valence electrons. The second kappa shape index (κ2) is 11.2. The van der Waals surface area contributed by atoms with Gasteiger partial charge in [0, 0.05) is 56.2 Å². The maximum absolute atomic E-state index is 14.7. The molecule has 0 radical (unpaired) electrons. The minimum atomic E-state index is -3.68. The van der Waals surface area contributed by atoms with Crippen molar-refractivity contribution in [2.24, 2.45) is 27.2 Å². The van der Waals surface area contributed by atoms with Crippen LogP contribution in [0.25, 0.3) is 0 Å². The quantitative estimate of drug-likeness (QED) is 0.168. The number of fused-ring (bicyclic) bond motifs is 1. The van der Waals surface area contributed by atoms with E-state index < -0.39 is 26.9 Å². The molecular weight excluding hydrogens is 578 g/mol. The summed E-state index contributed by atoms with van der Waals surface area (Å²) in [6, 6.07) is 0. The summed E-state index contributed by atoms with van der Waals surface area (Å²) < 4.78 is 65.4. The number of nitrogens with zero attached hydrogens (tertiary/aromatic N) is 6. The molecule has 3 fully saturated rings. The van der Waals surface area contributed by atoms with Crippen LogP contribution in [0.1, 0.15) is 26.3 Å². The highest BCUT2D eigenvalue weighted by Gasteiger charge is 2.75. The first kappa shape index (κ1) is 30.9. The molecule has 1 spiro atoms. The number of rotatable bonds is 10. The van der Waals surface area contributed by atoms with Gasteiger partial charge >= 0.3 is 9.84 Å². The van der Waals surface area contributed by atoms with Crippen molar-refractivity contribution in [2.75, 3.05) is 44.8 Å². The zero-order valence-corrected chi connectivity index (χ0v) is 25.6. The van der Waals surface area contributed by atoms with Crippen LogP contribution < -0.4 is 9.64 Å². The molecule has 0 N–H and O–H groups in total. The summed E-state index contributed by atoms with van der Waals surface area (Å²) in [6.07, 6.45) is 14.0. The van der Waals surface area contributed by atoms with Gasteiger partial charge in [0.05, 0.1) is 42.3 Å². The Morgan fingerprint density at radius 2 is 2.14 bits per heavy atom. The maximum atomic E-state index is 14.7. The molecule has 5 rings (SSSR count). The number of hydrogen-bond acceptors (Lipinski definition) is 9. The van der Waals surface area contributed by atoms with Crippen molar-refractivity contribution in [3.63, 3.8) is 0 Å². The average molecular weight is 616 g/mol. The van der Waals surface area contributed by atoms with Crippen LogP contribution in [0.15, 0.2) is 63.7 Å². The number of aliphatic imine (C=N–C) groups is 2. The van der Waals surface area contributed by atoms with Crippen molar-refractivity contribution in [1.29, 1.82) is 0 Å². The number of hydrogen-bond donors (Lipinski definition) is 0. The molecule has 5 atom stereocenters. The Morgan fingerprint density at radius 1 is 1.37 bits per heavy atom. The molecule has 1 aliphatic carbocycles. The Balaban J connectivity index is 1.40. The minimum Gasteiger partial charge on any atom is -0.470 e. The van der Waals surface area contributed by atoms with Gasteiger partial charge in [-0.3, -0.25) is 14.9 Å². The molecule has 4 heterocycles. The fourth-order valence-electron chi connectivity index (χ4n) is 6.82. The summed E-state index contributed by atoms with van der Waals surface area (Å²) in [6.45, 7) is 10.9. The van der Waals surface area contributed by atoms with E-state index in [-0.39, 0.29) is 34.4 Å². The molecule has 4 aliphatic rings. The fraction of sp³-hybridized carbons (Fsp3) is 0.500. The largest absolute Gasteiger partial charge is 0.470 e. The molecule has 43 heavy (non-hydrogen) atoms. The number of aromatic nitrogens is 2. The van der Waals surface area contributed by atoms with E-state index >= 15 is 0 Å². The van der Waals surface area contributed by atoms with Crippen molar-refractivity contribution >= 4 is 28.2 Å². The van der Waals surface area contributed by atoms with Crippen molar-refractivity contribution in [3.8, 4) is 5.88 Å². The number of sulfone groups is 1. The number of halogens is 2. The lowest BCUT2D eigenvalue weighted by atomic mass is 9.47. The fourth-order valence-corrected chi connectivity index (χ4v) is 7.10. The smallest absolute Gasteiger partial charge is 0.315 e. The van der Waals surface area contributed by atoms with Crippen molar-refractivity contribution in [1.82, 2.24) is 14.9 Å². The zero-order chi connectivity index (χ0) is 31.2. The van der Waals surface area contributed by atoms with Crippen LogP contribution in [0, 0.1) is 23.5 Å². The summed E-state index contributed by atoms with van der Waals surface area (Å²) in [7, 11) is -2.15. The van der Waals surface area contributed by atoms with Crippen LogP contribution in [0.4, 0.5) is 14.6 Å². The number of anilines is 1. The van der Waals surface area contributed by atoms with E-state index in [0.717, 1.165) is 6.54 Å². The predicted octanol–water partition coefficient (Wildman–Crippen LogP) is 4.00. The second-order valence-electron chi connectivity index (χ2n) is 12.0. The normalized spacial score (nSPS) is 30.3. The van der Waals surface area contributed by atoms with Gasteiger partial charge in [0.15, 0.2) is 11.9 Å². The second-order valence-corrected chi connectivity index (χ2v) is 13.9. The van der Waals surface area contributed by atoms with Gasteiger partial charge in [-0.25, -0.2) is 18.7 Å². The SMILES string of the molecule is C=C(F)/C(=C\C=C(/C)S([CH2+])(=O)=O)N1C=CCc2c(OC3(C)C4COCC45CN(C=NCC(C)(F)C=NC)CC53)ncnc21. The van der Waals surface area contributed by atoms with E-state index in [0.29, 0.717) is 43.4 Å². The first-order valence-corrected chi connectivity index (χ1v) is 15.6. The average Bonchev–Trinajstić information content (AvgIpc) is 3.48. The van der Waals surface area contributed by atoms with Crippen molar-refractivity contribution in [3.05, 3.63) is 65.6 Å². The first-order chi connectivity index (χ1) is 20.2. The van der Waals surface area contributed by atoms with Gasteiger partial charge in [-0.1, -0.05) is 12.7 Å². The molecule has 1 aromatic rings. The van der Waals surface area contributed by atoms with E-state index in [4.69, 9.17) is 9.47 Å². The van der Waals surface area contributed by atoms with Gasteiger partial charge in [-0.05, 0) is 32.9 Å². The van der Waals surface area contributed by atoms with Crippen molar-refractivity contribution in [2.45, 2.75) is 38.5 Å². The highest BCUT2D eigenvalue weighted by Crippen LogP contribution is 2.66. The Hall–Kier alpha value is -3.58. The molecule has 5 unspecified atom stereocenters. The molecule has 10 nitrogen and oxygen atoms in total. The van der Waals surface area contributed by atoms with E-state index in [2.05, 4.69) is 44.6 Å². The van der Waals surface area contributed by atoms with Crippen LogP contribution >= 0.6 is 0 Å². The standard InChI is InChI=1S/C30H37F2N6O4S/c1-20(43(6,39)40)9-10-23(21(2)31)38-11-7-8-22-26(38)35-18-36-27(22)42-29(4)24-12-37(16-30(24)17-41-13-25(29)30)19-34-15-28(3,32)14-33-5/h7,9-11,14,18-19,24-25H,2,6,8,12-13,15-17H2,1,3-5H3/q+1/b20-9+,23-10+,33-14?,34-19?. The van der Waals surface area contributed by atoms with E-state index in [9.17, 15) is 17.2 Å². The first-order valence-electron chi connectivity index (χ1n) is 14.0.